The van der Waals surface area contributed by atoms with Gasteiger partial charge in [-0.15, -0.1) is 0 Å². The third kappa shape index (κ3) is 2.84. The number of benzene rings is 1. The summed E-state index contributed by atoms with van der Waals surface area (Å²) in [6, 6.07) is 4.87. The molecule has 3 N–H and O–H groups in total. The van der Waals surface area contributed by atoms with Crippen LogP contribution < -0.4 is 10.5 Å². The number of methoxy groups -OCH3 is 1. The summed E-state index contributed by atoms with van der Waals surface area (Å²) in [7, 11) is 1.55. The quantitative estimate of drug-likeness (QED) is 0.832. The zero-order valence-corrected chi connectivity index (χ0v) is 9.66. The molecule has 0 heterocycles. The van der Waals surface area contributed by atoms with Crippen molar-refractivity contribution in [2.45, 2.75) is 25.5 Å². The normalized spacial score (nSPS) is 14.7. The fourth-order valence-corrected chi connectivity index (χ4v) is 1.55. The summed E-state index contributed by atoms with van der Waals surface area (Å²) < 4.78 is 5.08. The Morgan fingerprint density at radius 3 is 2.73 bits per heavy atom. The molecule has 0 radical (unpaired) electrons. The molecule has 0 spiro atoms. The highest BCUT2D eigenvalue weighted by molar-refractivity contribution is 6.32. The topological polar surface area (TPSA) is 55.5 Å². The van der Waals surface area contributed by atoms with Crippen molar-refractivity contribution in [1.29, 1.82) is 0 Å². The van der Waals surface area contributed by atoms with Crippen LogP contribution in [0, 0.1) is 0 Å². The second-order valence-electron chi connectivity index (χ2n) is 3.40. The third-order valence-corrected chi connectivity index (χ3v) is 2.71. The van der Waals surface area contributed by atoms with Crippen LogP contribution in [0.25, 0.3) is 0 Å². The maximum Gasteiger partial charge on any atom is 0.137 e. The molecule has 3 nitrogen and oxygen atoms in total. The van der Waals surface area contributed by atoms with E-state index in [4.69, 9.17) is 22.1 Å². The highest BCUT2D eigenvalue weighted by Gasteiger charge is 2.16. The summed E-state index contributed by atoms with van der Waals surface area (Å²) in [5, 5.41) is 10.2. The van der Waals surface area contributed by atoms with Crippen LogP contribution in [0.15, 0.2) is 18.2 Å². The second kappa shape index (κ2) is 5.35. The van der Waals surface area contributed by atoms with Gasteiger partial charge in [-0.25, -0.2) is 0 Å². The Morgan fingerprint density at radius 2 is 2.20 bits per heavy atom. The molecule has 0 bridgehead atoms. The fourth-order valence-electron chi connectivity index (χ4n) is 1.36. The van der Waals surface area contributed by atoms with Crippen molar-refractivity contribution in [3.63, 3.8) is 0 Å². The molecule has 0 amide bonds. The Labute approximate surface area is 94.8 Å². The Bertz CT molecular complexity index is 330. The number of rotatable bonds is 4. The molecule has 1 aromatic carbocycles. The van der Waals surface area contributed by atoms with Gasteiger partial charge in [0, 0.05) is 0 Å². The minimum absolute atomic E-state index is 0.402. The average Bonchev–Trinajstić information content (AvgIpc) is 2.27. The first-order valence-electron chi connectivity index (χ1n) is 4.87. The number of hydrogen-bond acceptors (Lipinski definition) is 3. The number of aliphatic hydroxyl groups excluding tert-OH is 1. The maximum absolute atomic E-state index is 9.61. The zero-order chi connectivity index (χ0) is 11.4. The van der Waals surface area contributed by atoms with Gasteiger partial charge in [-0.2, -0.15) is 0 Å². The lowest BCUT2D eigenvalue weighted by Gasteiger charge is -2.18. The van der Waals surface area contributed by atoms with E-state index in [2.05, 4.69) is 0 Å². The minimum atomic E-state index is -0.545. The summed E-state index contributed by atoms with van der Waals surface area (Å²) in [5.74, 6) is 0.577. The third-order valence-electron chi connectivity index (χ3n) is 2.39. The molecule has 0 unspecified atom stereocenters. The van der Waals surface area contributed by atoms with Crippen molar-refractivity contribution in [3.05, 3.63) is 28.8 Å². The van der Waals surface area contributed by atoms with Crippen molar-refractivity contribution in [2.75, 3.05) is 7.11 Å². The van der Waals surface area contributed by atoms with E-state index in [0.717, 1.165) is 5.56 Å². The van der Waals surface area contributed by atoms with E-state index in [-0.39, 0.29) is 0 Å². The number of hydrogen-bond donors (Lipinski definition) is 2. The first kappa shape index (κ1) is 12.3. The van der Waals surface area contributed by atoms with Gasteiger partial charge in [0.15, 0.2) is 0 Å². The summed E-state index contributed by atoms with van der Waals surface area (Å²) in [6.45, 7) is 1.89. The first-order chi connectivity index (χ1) is 7.10. The van der Waals surface area contributed by atoms with Gasteiger partial charge >= 0.3 is 0 Å². The molecule has 0 saturated carbocycles. The largest absolute Gasteiger partial charge is 0.495 e. The Morgan fingerprint density at radius 1 is 1.53 bits per heavy atom. The number of aliphatic hydroxyl groups is 1. The molecule has 1 rings (SSSR count). The second-order valence-corrected chi connectivity index (χ2v) is 3.80. The van der Waals surface area contributed by atoms with Gasteiger partial charge in [0.05, 0.1) is 24.3 Å². The molecule has 0 aliphatic heterocycles. The molecule has 0 aliphatic rings. The molecular formula is C11H16ClNO2. The van der Waals surface area contributed by atoms with Gasteiger partial charge in [-0.1, -0.05) is 24.6 Å². The van der Waals surface area contributed by atoms with Crippen LogP contribution in [0.5, 0.6) is 5.75 Å². The van der Waals surface area contributed by atoms with E-state index < -0.39 is 12.1 Å². The van der Waals surface area contributed by atoms with Crippen LogP contribution in [0.1, 0.15) is 24.9 Å². The first-order valence-corrected chi connectivity index (χ1v) is 5.25. The number of ether oxygens (including phenoxy) is 1. The zero-order valence-electron chi connectivity index (χ0n) is 8.90. The molecule has 1 aromatic rings. The van der Waals surface area contributed by atoms with E-state index in [1.165, 1.54) is 0 Å². The molecule has 0 aliphatic carbocycles. The predicted octanol–water partition coefficient (Wildman–Crippen LogP) is 2.12. The van der Waals surface area contributed by atoms with E-state index in [1.54, 1.807) is 25.3 Å². The van der Waals surface area contributed by atoms with Gasteiger partial charge in [-0.3, -0.25) is 0 Å². The van der Waals surface area contributed by atoms with E-state index >= 15 is 0 Å². The summed E-state index contributed by atoms with van der Waals surface area (Å²) in [4.78, 5) is 0. The lowest BCUT2D eigenvalue weighted by atomic mass is 10.0. The molecule has 2 atom stereocenters. The minimum Gasteiger partial charge on any atom is -0.495 e. The number of nitrogens with two attached hydrogens (primary N) is 1. The SMILES string of the molecule is CC[C@@H](O)[C@@H](N)c1ccc(Cl)c(OC)c1. The van der Waals surface area contributed by atoms with Gasteiger partial charge < -0.3 is 15.6 Å². The lowest BCUT2D eigenvalue weighted by molar-refractivity contribution is 0.140. The van der Waals surface area contributed by atoms with E-state index in [9.17, 15) is 5.11 Å². The highest BCUT2D eigenvalue weighted by atomic mass is 35.5. The standard InChI is InChI=1S/C11H16ClNO2/c1-3-9(14)11(13)7-4-5-8(12)10(6-7)15-2/h4-6,9,11,14H,3,13H2,1-2H3/t9-,11+/m1/s1. The van der Waals surface area contributed by atoms with Crippen molar-refractivity contribution < 1.29 is 9.84 Å². The van der Waals surface area contributed by atoms with Gasteiger partial charge in [0.2, 0.25) is 0 Å². The van der Waals surface area contributed by atoms with Crippen LogP contribution in [0.3, 0.4) is 0 Å². The molecule has 0 fully saturated rings. The van der Waals surface area contributed by atoms with Crippen LogP contribution in [0.2, 0.25) is 5.02 Å². The Hall–Kier alpha value is -0.770. The van der Waals surface area contributed by atoms with Crippen molar-refractivity contribution in [1.82, 2.24) is 0 Å². The smallest absolute Gasteiger partial charge is 0.137 e. The molecule has 84 valence electrons. The van der Waals surface area contributed by atoms with E-state index in [0.29, 0.717) is 17.2 Å². The van der Waals surface area contributed by atoms with Crippen molar-refractivity contribution in [3.8, 4) is 5.75 Å². The summed E-state index contributed by atoms with van der Waals surface area (Å²) >= 11 is 5.89. The molecule has 4 heteroatoms. The van der Waals surface area contributed by atoms with Crippen molar-refractivity contribution in [2.24, 2.45) is 5.73 Å². The molecule has 15 heavy (non-hydrogen) atoms. The maximum atomic E-state index is 9.61. The van der Waals surface area contributed by atoms with Crippen LogP contribution in [0.4, 0.5) is 0 Å². The van der Waals surface area contributed by atoms with Crippen LogP contribution >= 0.6 is 11.6 Å². The summed E-state index contributed by atoms with van der Waals surface area (Å²) in [6.07, 6.45) is 0.0717. The highest BCUT2D eigenvalue weighted by Crippen LogP contribution is 2.28. The number of halogens is 1. The average molecular weight is 230 g/mol. The monoisotopic (exact) mass is 229 g/mol. The Balaban J connectivity index is 2.95. The molecular weight excluding hydrogens is 214 g/mol. The van der Waals surface area contributed by atoms with Crippen LogP contribution in [-0.2, 0) is 0 Å². The van der Waals surface area contributed by atoms with Gasteiger partial charge in [0.1, 0.15) is 5.75 Å². The van der Waals surface area contributed by atoms with Crippen molar-refractivity contribution >= 4 is 11.6 Å². The Kier molecular flexibility index (Phi) is 4.39. The van der Waals surface area contributed by atoms with E-state index in [1.807, 2.05) is 6.92 Å². The lowest BCUT2D eigenvalue weighted by Crippen LogP contribution is -2.25. The predicted molar refractivity (Wildman–Crippen MR) is 61.2 cm³/mol. The molecule has 0 saturated heterocycles. The van der Waals surface area contributed by atoms with Gasteiger partial charge in [0.25, 0.3) is 0 Å². The van der Waals surface area contributed by atoms with Crippen LogP contribution in [-0.4, -0.2) is 18.3 Å². The van der Waals surface area contributed by atoms with Gasteiger partial charge in [-0.05, 0) is 24.1 Å². The molecule has 0 aromatic heterocycles. The summed E-state index contributed by atoms with van der Waals surface area (Å²) in [5.41, 5.74) is 6.70. The fraction of sp³-hybridized carbons (Fsp3) is 0.455.